The van der Waals surface area contributed by atoms with E-state index < -0.39 is 0 Å². The van der Waals surface area contributed by atoms with E-state index in [1.165, 1.54) is 0 Å². The summed E-state index contributed by atoms with van der Waals surface area (Å²) in [5.74, 6) is 1.13. The normalized spacial score (nSPS) is 23.6. The molecule has 1 aromatic rings. The molecule has 0 saturated carbocycles. The van der Waals surface area contributed by atoms with Gasteiger partial charge in [-0.25, -0.2) is 0 Å². The van der Waals surface area contributed by atoms with Crippen LogP contribution in [0.25, 0.3) is 0 Å². The number of likely N-dealkylation sites (tertiary alicyclic amines) is 1. The number of rotatable bonds is 1. The third-order valence-electron chi connectivity index (χ3n) is 3.99. The molecule has 3 rings (SSSR count). The van der Waals surface area contributed by atoms with Crippen molar-refractivity contribution in [3.63, 3.8) is 0 Å². The van der Waals surface area contributed by atoms with Gasteiger partial charge < -0.3 is 9.64 Å². The standard InChI is InChI=1S/C15H18BrNO2/c16-11-5-8-17(9-6-11)15(18)13-7-10-19-14-4-2-1-3-12(13)14/h1-4,11,13H,5-10H2. The molecule has 1 fully saturated rings. The number of carbonyl (C=O) groups is 1. The molecule has 19 heavy (non-hydrogen) atoms. The lowest BCUT2D eigenvalue weighted by Crippen LogP contribution is -2.42. The van der Waals surface area contributed by atoms with E-state index in [4.69, 9.17) is 4.74 Å². The molecule has 1 saturated heterocycles. The number of nitrogens with zero attached hydrogens (tertiary/aromatic N) is 1. The van der Waals surface area contributed by atoms with Crippen LogP contribution in [-0.2, 0) is 4.79 Å². The predicted molar refractivity (Wildman–Crippen MR) is 77.8 cm³/mol. The summed E-state index contributed by atoms with van der Waals surface area (Å²) in [5, 5.41) is 0. The zero-order valence-corrected chi connectivity index (χ0v) is 12.4. The number of alkyl halides is 1. The van der Waals surface area contributed by atoms with Crippen molar-refractivity contribution in [1.82, 2.24) is 4.90 Å². The molecule has 4 heteroatoms. The van der Waals surface area contributed by atoms with Gasteiger partial charge in [0.25, 0.3) is 0 Å². The van der Waals surface area contributed by atoms with Gasteiger partial charge in [0.05, 0.1) is 12.5 Å². The molecule has 1 atom stereocenters. The molecule has 0 aromatic heterocycles. The maximum Gasteiger partial charge on any atom is 0.230 e. The summed E-state index contributed by atoms with van der Waals surface area (Å²) in [7, 11) is 0. The lowest BCUT2D eigenvalue weighted by atomic mass is 9.91. The Bertz CT molecular complexity index is 469. The number of fused-ring (bicyclic) bond motifs is 1. The van der Waals surface area contributed by atoms with Crippen LogP contribution in [0, 0.1) is 0 Å². The van der Waals surface area contributed by atoms with Gasteiger partial charge >= 0.3 is 0 Å². The fourth-order valence-electron chi connectivity index (χ4n) is 2.89. The second-order valence-corrected chi connectivity index (χ2v) is 6.52. The van der Waals surface area contributed by atoms with Crippen molar-refractivity contribution in [3.05, 3.63) is 29.8 Å². The van der Waals surface area contributed by atoms with Gasteiger partial charge in [-0.3, -0.25) is 4.79 Å². The van der Waals surface area contributed by atoms with E-state index in [9.17, 15) is 4.79 Å². The Morgan fingerprint density at radius 2 is 1.95 bits per heavy atom. The highest BCUT2D eigenvalue weighted by molar-refractivity contribution is 9.09. The van der Waals surface area contributed by atoms with Crippen molar-refractivity contribution >= 4 is 21.8 Å². The first-order valence-electron chi connectivity index (χ1n) is 6.90. The predicted octanol–water partition coefficient (Wildman–Crippen LogP) is 2.94. The molecule has 1 amide bonds. The van der Waals surface area contributed by atoms with Gasteiger partial charge in [-0.2, -0.15) is 0 Å². The summed E-state index contributed by atoms with van der Waals surface area (Å²) in [4.78, 5) is 15.3. The minimum Gasteiger partial charge on any atom is -0.493 e. The summed E-state index contributed by atoms with van der Waals surface area (Å²) < 4.78 is 5.63. The van der Waals surface area contributed by atoms with Gasteiger partial charge in [-0.05, 0) is 25.3 Å². The van der Waals surface area contributed by atoms with Crippen LogP contribution in [0.3, 0.4) is 0 Å². The number of para-hydroxylation sites is 1. The number of ether oxygens (including phenoxy) is 1. The van der Waals surface area contributed by atoms with Crippen molar-refractivity contribution in [1.29, 1.82) is 0 Å². The van der Waals surface area contributed by atoms with E-state index in [-0.39, 0.29) is 11.8 Å². The average molecular weight is 324 g/mol. The highest BCUT2D eigenvalue weighted by Crippen LogP contribution is 2.35. The van der Waals surface area contributed by atoms with Gasteiger partial charge in [0.1, 0.15) is 5.75 Å². The van der Waals surface area contributed by atoms with Crippen molar-refractivity contribution in [3.8, 4) is 5.75 Å². The second kappa shape index (κ2) is 5.53. The quantitative estimate of drug-likeness (QED) is 0.744. The number of amides is 1. The summed E-state index contributed by atoms with van der Waals surface area (Å²) in [6.45, 7) is 2.38. The minimum atomic E-state index is -0.0168. The zero-order valence-electron chi connectivity index (χ0n) is 10.8. The van der Waals surface area contributed by atoms with Crippen LogP contribution in [0.1, 0.15) is 30.7 Å². The Morgan fingerprint density at radius 1 is 1.21 bits per heavy atom. The maximum absolute atomic E-state index is 12.7. The molecular formula is C15H18BrNO2. The smallest absolute Gasteiger partial charge is 0.230 e. The lowest BCUT2D eigenvalue weighted by molar-refractivity contribution is -0.134. The Morgan fingerprint density at radius 3 is 2.74 bits per heavy atom. The van der Waals surface area contributed by atoms with E-state index in [1.54, 1.807) is 0 Å². The summed E-state index contributed by atoms with van der Waals surface area (Å²) in [6, 6.07) is 7.92. The SMILES string of the molecule is O=C(C1CCOc2ccccc21)N1CCC(Br)CC1. The maximum atomic E-state index is 12.7. The van der Waals surface area contributed by atoms with Gasteiger partial charge in [-0.1, -0.05) is 34.1 Å². The fraction of sp³-hybridized carbons (Fsp3) is 0.533. The van der Waals surface area contributed by atoms with E-state index >= 15 is 0 Å². The molecule has 102 valence electrons. The van der Waals surface area contributed by atoms with E-state index in [1.807, 2.05) is 29.2 Å². The first-order valence-corrected chi connectivity index (χ1v) is 7.82. The highest BCUT2D eigenvalue weighted by Gasteiger charge is 2.32. The van der Waals surface area contributed by atoms with E-state index in [0.717, 1.165) is 43.7 Å². The van der Waals surface area contributed by atoms with Crippen molar-refractivity contribution in [2.75, 3.05) is 19.7 Å². The number of carbonyl (C=O) groups excluding carboxylic acids is 1. The number of benzene rings is 1. The summed E-state index contributed by atoms with van der Waals surface area (Å²) in [6.07, 6.45) is 2.90. The monoisotopic (exact) mass is 323 g/mol. The van der Waals surface area contributed by atoms with E-state index in [2.05, 4.69) is 15.9 Å². The summed E-state index contributed by atoms with van der Waals surface area (Å²) in [5.41, 5.74) is 1.06. The molecule has 2 heterocycles. The molecule has 1 aromatic carbocycles. The number of halogens is 1. The Balaban J connectivity index is 1.78. The molecule has 1 unspecified atom stereocenters. The van der Waals surface area contributed by atoms with E-state index in [0.29, 0.717) is 11.4 Å². The molecule has 0 N–H and O–H groups in total. The molecule has 2 aliphatic rings. The first kappa shape index (κ1) is 13.0. The Kier molecular flexibility index (Phi) is 3.78. The van der Waals surface area contributed by atoms with Crippen LogP contribution >= 0.6 is 15.9 Å². The number of piperidine rings is 1. The molecule has 0 spiro atoms. The number of hydrogen-bond donors (Lipinski definition) is 0. The van der Waals surface area contributed by atoms with Crippen LogP contribution in [0.4, 0.5) is 0 Å². The molecule has 0 bridgehead atoms. The molecule has 2 aliphatic heterocycles. The Labute approximate surface area is 122 Å². The van der Waals surface area contributed by atoms with Crippen LogP contribution in [-0.4, -0.2) is 35.3 Å². The van der Waals surface area contributed by atoms with Gasteiger partial charge in [-0.15, -0.1) is 0 Å². The Hall–Kier alpha value is -1.03. The van der Waals surface area contributed by atoms with Crippen LogP contribution in [0.15, 0.2) is 24.3 Å². The molecule has 3 nitrogen and oxygen atoms in total. The zero-order chi connectivity index (χ0) is 13.2. The fourth-order valence-corrected chi connectivity index (χ4v) is 3.30. The number of hydrogen-bond acceptors (Lipinski definition) is 2. The van der Waals surface area contributed by atoms with Crippen molar-refractivity contribution in [2.24, 2.45) is 0 Å². The van der Waals surface area contributed by atoms with Gasteiger partial charge in [0, 0.05) is 23.5 Å². The third-order valence-corrected chi connectivity index (χ3v) is 4.91. The molecule has 0 aliphatic carbocycles. The average Bonchev–Trinajstić information content (AvgIpc) is 2.47. The first-order chi connectivity index (χ1) is 9.25. The van der Waals surface area contributed by atoms with Crippen molar-refractivity contribution < 1.29 is 9.53 Å². The molecular weight excluding hydrogens is 306 g/mol. The largest absolute Gasteiger partial charge is 0.493 e. The van der Waals surface area contributed by atoms with Gasteiger partial charge in [0.2, 0.25) is 5.91 Å². The van der Waals surface area contributed by atoms with Gasteiger partial charge in [0.15, 0.2) is 0 Å². The molecule has 0 radical (unpaired) electrons. The van der Waals surface area contributed by atoms with Crippen LogP contribution in [0.5, 0.6) is 5.75 Å². The topological polar surface area (TPSA) is 29.5 Å². The van der Waals surface area contributed by atoms with Crippen LogP contribution in [0.2, 0.25) is 0 Å². The van der Waals surface area contributed by atoms with Crippen molar-refractivity contribution in [2.45, 2.75) is 30.0 Å². The highest BCUT2D eigenvalue weighted by atomic mass is 79.9. The second-order valence-electron chi connectivity index (χ2n) is 5.23. The lowest BCUT2D eigenvalue weighted by Gasteiger charge is -2.34. The minimum absolute atomic E-state index is 0.0168. The van der Waals surface area contributed by atoms with Crippen LogP contribution < -0.4 is 4.74 Å². The summed E-state index contributed by atoms with van der Waals surface area (Å²) >= 11 is 3.63. The third kappa shape index (κ3) is 2.64.